The third-order valence-electron chi connectivity index (χ3n) is 4.04. The van der Waals surface area contributed by atoms with Crippen LogP contribution in [0, 0.1) is 6.92 Å². The van der Waals surface area contributed by atoms with Crippen LogP contribution in [-0.2, 0) is 20.3 Å². The van der Waals surface area contributed by atoms with Gasteiger partial charge in [-0.2, -0.15) is 0 Å². The van der Waals surface area contributed by atoms with E-state index in [1.165, 1.54) is 6.26 Å². The van der Waals surface area contributed by atoms with Crippen molar-refractivity contribution in [2.24, 2.45) is 0 Å². The lowest BCUT2D eigenvalue weighted by molar-refractivity contribution is 0.122. The van der Waals surface area contributed by atoms with Crippen molar-refractivity contribution in [1.82, 2.24) is 9.97 Å². The second kappa shape index (κ2) is 6.97. The van der Waals surface area contributed by atoms with Crippen LogP contribution in [0.4, 0.5) is 11.5 Å². The molecule has 1 fully saturated rings. The van der Waals surface area contributed by atoms with Crippen LogP contribution in [0.25, 0.3) is 11.4 Å². The lowest BCUT2D eigenvalue weighted by Crippen LogP contribution is -2.37. The fourth-order valence-corrected chi connectivity index (χ4v) is 3.41. The summed E-state index contributed by atoms with van der Waals surface area (Å²) in [5.41, 5.74) is 8.82. The van der Waals surface area contributed by atoms with Crippen molar-refractivity contribution < 1.29 is 13.2 Å². The average Bonchev–Trinajstić information content (AvgIpc) is 2.56. The van der Waals surface area contributed by atoms with Crippen molar-refractivity contribution in [2.45, 2.75) is 12.7 Å². The van der Waals surface area contributed by atoms with Crippen LogP contribution in [0.3, 0.4) is 0 Å². The van der Waals surface area contributed by atoms with E-state index in [1.807, 2.05) is 25.1 Å². The van der Waals surface area contributed by atoms with Crippen molar-refractivity contribution >= 4 is 21.3 Å². The van der Waals surface area contributed by atoms with Crippen LogP contribution in [0.1, 0.15) is 11.3 Å². The maximum atomic E-state index is 11.7. The zero-order valence-corrected chi connectivity index (χ0v) is 15.2. The molecule has 0 unspecified atom stereocenters. The molecule has 7 nitrogen and oxygen atoms in total. The average molecular weight is 362 g/mol. The summed E-state index contributed by atoms with van der Waals surface area (Å²) in [4.78, 5) is 11.2. The summed E-state index contributed by atoms with van der Waals surface area (Å²) in [6, 6.07) is 7.33. The Balaban J connectivity index is 2.06. The minimum Gasteiger partial charge on any atom is -0.399 e. The lowest BCUT2D eigenvalue weighted by Gasteiger charge is -2.28. The molecule has 1 aromatic carbocycles. The number of sulfone groups is 1. The van der Waals surface area contributed by atoms with Gasteiger partial charge in [-0.1, -0.05) is 0 Å². The predicted molar refractivity (Wildman–Crippen MR) is 98.2 cm³/mol. The molecule has 0 bridgehead atoms. The van der Waals surface area contributed by atoms with Crippen molar-refractivity contribution in [1.29, 1.82) is 0 Å². The van der Waals surface area contributed by atoms with E-state index >= 15 is 0 Å². The molecule has 0 amide bonds. The largest absolute Gasteiger partial charge is 0.399 e. The summed E-state index contributed by atoms with van der Waals surface area (Å²) < 4.78 is 28.8. The number of aromatic nitrogens is 2. The molecule has 134 valence electrons. The fraction of sp³-hybridized carbons (Fsp3) is 0.412. The summed E-state index contributed by atoms with van der Waals surface area (Å²) in [6.07, 6.45) is 1.20. The molecule has 1 saturated heterocycles. The highest BCUT2D eigenvalue weighted by molar-refractivity contribution is 7.89. The molecule has 2 N–H and O–H groups in total. The van der Waals surface area contributed by atoms with Crippen LogP contribution >= 0.6 is 0 Å². The first-order valence-corrected chi connectivity index (χ1v) is 10.1. The van der Waals surface area contributed by atoms with E-state index in [0.717, 1.165) is 30.0 Å². The monoisotopic (exact) mass is 362 g/mol. The molecule has 3 rings (SSSR count). The second-order valence-electron chi connectivity index (χ2n) is 6.28. The Bertz CT molecular complexity index is 877. The molecule has 0 aliphatic carbocycles. The third-order valence-corrected chi connectivity index (χ3v) is 4.86. The van der Waals surface area contributed by atoms with Crippen molar-refractivity contribution in [3.63, 3.8) is 0 Å². The maximum Gasteiger partial charge on any atom is 0.161 e. The summed E-state index contributed by atoms with van der Waals surface area (Å²) >= 11 is 0. The summed E-state index contributed by atoms with van der Waals surface area (Å²) in [7, 11) is -3.19. The van der Waals surface area contributed by atoms with Gasteiger partial charge < -0.3 is 15.4 Å². The van der Waals surface area contributed by atoms with E-state index in [2.05, 4.69) is 14.9 Å². The van der Waals surface area contributed by atoms with Crippen LogP contribution in [0.15, 0.2) is 24.3 Å². The second-order valence-corrected chi connectivity index (χ2v) is 8.42. The molecule has 25 heavy (non-hydrogen) atoms. The number of ether oxygens (including phenoxy) is 1. The van der Waals surface area contributed by atoms with E-state index in [-0.39, 0.29) is 5.75 Å². The van der Waals surface area contributed by atoms with E-state index < -0.39 is 9.84 Å². The van der Waals surface area contributed by atoms with Crippen molar-refractivity contribution in [2.75, 3.05) is 43.2 Å². The molecule has 1 aliphatic rings. The van der Waals surface area contributed by atoms with Gasteiger partial charge >= 0.3 is 0 Å². The first-order chi connectivity index (χ1) is 11.8. The zero-order valence-electron chi connectivity index (χ0n) is 14.4. The quantitative estimate of drug-likeness (QED) is 0.821. The molecule has 0 atom stereocenters. The van der Waals surface area contributed by atoms with Gasteiger partial charge in [0.25, 0.3) is 0 Å². The number of anilines is 2. The van der Waals surface area contributed by atoms with E-state index in [4.69, 9.17) is 10.5 Å². The number of hydrogen-bond acceptors (Lipinski definition) is 7. The highest BCUT2D eigenvalue weighted by Crippen LogP contribution is 2.24. The molecule has 0 saturated carbocycles. The first kappa shape index (κ1) is 17.6. The molecule has 2 heterocycles. The summed E-state index contributed by atoms with van der Waals surface area (Å²) in [5.74, 6) is 1.11. The lowest BCUT2D eigenvalue weighted by atomic mass is 10.1. The van der Waals surface area contributed by atoms with Gasteiger partial charge in [-0.3, -0.25) is 0 Å². The van der Waals surface area contributed by atoms with Gasteiger partial charge in [-0.15, -0.1) is 0 Å². The Morgan fingerprint density at radius 2 is 1.92 bits per heavy atom. The van der Waals surface area contributed by atoms with Crippen molar-refractivity contribution in [3.05, 3.63) is 35.5 Å². The number of rotatable bonds is 4. The molecular weight excluding hydrogens is 340 g/mol. The van der Waals surface area contributed by atoms with Crippen molar-refractivity contribution in [3.8, 4) is 11.4 Å². The zero-order chi connectivity index (χ0) is 18.0. The van der Waals surface area contributed by atoms with E-state index in [1.54, 1.807) is 6.07 Å². The topological polar surface area (TPSA) is 98.4 Å². The van der Waals surface area contributed by atoms with Crippen LogP contribution < -0.4 is 10.6 Å². The molecule has 0 radical (unpaired) electrons. The number of nitrogens with zero attached hydrogens (tertiary/aromatic N) is 3. The number of nitrogen functional groups attached to an aromatic ring is 1. The number of morpholine rings is 1. The van der Waals surface area contributed by atoms with Gasteiger partial charge in [0, 0.05) is 36.7 Å². The number of nitrogens with two attached hydrogens (primary N) is 1. The third kappa shape index (κ3) is 4.46. The van der Waals surface area contributed by atoms with Crippen LogP contribution in [0.2, 0.25) is 0 Å². The van der Waals surface area contributed by atoms with Gasteiger partial charge in [0.15, 0.2) is 15.7 Å². The minimum atomic E-state index is -3.19. The summed E-state index contributed by atoms with van der Waals surface area (Å²) in [5, 5.41) is 0. The van der Waals surface area contributed by atoms with Gasteiger partial charge in [0.1, 0.15) is 5.82 Å². The summed E-state index contributed by atoms with van der Waals surface area (Å²) in [6.45, 7) is 4.61. The Kier molecular flexibility index (Phi) is 4.91. The minimum absolute atomic E-state index is 0.117. The Morgan fingerprint density at radius 3 is 2.56 bits per heavy atom. The predicted octanol–water partition coefficient (Wildman–Crippen LogP) is 1.42. The molecule has 2 aromatic rings. The highest BCUT2D eigenvalue weighted by atomic mass is 32.2. The molecule has 0 spiro atoms. The number of benzene rings is 1. The van der Waals surface area contributed by atoms with Gasteiger partial charge in [0.05, 0.1) is 24.7 Å². The highest BCUT2D eigenvalue weighted by Gasteiger charge is 2.17. The van der Waals surface area contributed by atoms with Gasteiger partial charge in [-0.05, 0) is 30.7 Å². The Labute approximate surface area is 147 Å². The normalized spacial score (nSPS) is 15.4. The molecule has 1 aromatic heterocycles. The number of hydrogen-bond donors (Lipinski definition) is 1. The van der Waals surface area contributed by atoms with Crippen LogP contribution in [0.5, 0.6) is 0 Å². The molecule has 8 heteroatoms. The van der Waals surface area contributed by atoms with Crippen LogP contribution in [-0.4, -0.2) is 50.9 Å². The molecular formula is C17H22N4O3S. The van der Waals surface area contributed by atoms with Gasteiger partial charge in [0.2, 0.25) is 0 Å². The molecule has 1 aliphatic heterocycles. The van der Waals surface area contributed by atoms with E-state index in [9.17, 15) is 8.42 Å². The Morgan fingerprint density at radius 1 is 1.20 bits per heavy atom. The fourth-order valence-electron chi connectivity index (χ4n) is 2.72. The first-order valence-electron chi connectivity index (χ1n) is 8.07. The van der Waals surface area contributed by atoms with Gasteiger partial charge in [-0.25, -0.2) is 18.4 Å². The number of aryl methyl sites for hydroxylation is 1. The Hall–Kier alpha value is -2.19. The SMILES string of the molecule is Cc1cc(-c2nc(CS(C)(=O)=O)cc(N3CCOCC3)n2)ccc1N. The standard InChI is InChI=1S/C17H22N4O3S/c1-12-9-13(3-4-15(12)18)17-19-14(11-25(2,22)23)10-16(20-17)21-5-7-24-8-6-21/h3-4,9-10H,5-8,11,18H2,1-2H3. The maximum absolute atomic E-state index is 11.7. The smallest absolute Gasteiger partial charge is 0.161 e. The van der Waals surface area contributed by atoms with E-state index in [0.29, 0.717) is 30.4 Å².